The van der Waals surface area contributed by atoms with Crippen molar-refractivity contribution in [1.29, 1.82) is 0 Å². The lowest BCUT2D eigenvalue weighted by Crippen LogP contribution is -2.28. The van der Waals surface area contributed by atoms with Gasteiger partial charge < -0.3 is 9.64 Å². The van der Waals surface area contributed by atoms with E-state index in [0.717, 1.165) is 36.4 Å². The van der Waals surface area contributed by atoms with E-state index in [1.54, 1.807) is 11.1 Å². The van der Waals surface area contributed by atoms with Gasteiger partial charge in [0, 0.05) is 13.1 Å². The third-order valence-electron chi connectivity index (χ3n) is 2.71. The van der Waals surface area contributed by atoms with Crippen LogP contribution in [0, 0.1) is 0 Å². The van der Waals surface area contributed by atoms with Gasteiger partial charge in [-0.05, 0) is 31.1 Å². The van der Waals surface area contributed by atoms with E-state index in [4.69, 9.17) is 4.74 Å². The highest BCUT2D eigenvalue weighted by Gasteiger charge is 2.12. The minimum atomic E-state index is 0.642. The first-order valence-corrected chi connectivity index (χ1v) is 5.81. The van der Waals surface area contributed by atoms with Gasteiger partial charge in [-0.15, -0.1) is 0 Å². The molecule has 0 aromatic carbocycles. The van der Waals surface area contributed by atoms with Gasteiger partial charge in [-0.2, -0.15) is 0 Å². The Kier molecular flexibility index (Phi) is 3.75. The average Bonchev–Trinajstić information content (AvgIpc) is 2.40. The van der Waals surface area contributed by atoms with Crippen LogP contribution < -0.4 is 4.74 Å². The highest BCUT2D eigenvalue weighted by molar-refractivity contribution is 5.68. The smallest absolute Gasteiger partial charge is 0.210 e. The molecule has 1 amide bonds. The fraction of sp³-hybridized carbons (Fsp3) is 0.385. The Morgan fingerprint density at radius 2 is 2.41 bits per heavy atom. The van der Waals surface area contributed by atoms with Gasteiger partial charge in [0.05, 0.1) is 18.5 Å². The number of aromatic nitrogens is 1. The van der Waals surface area contributed by atoms with Crippen LogP contribution in [0.2, 0.25) is 0 Å². The zero-order chi connectivity index (χ0) is 12.1. The van der Waals surface area contributed by atoms with Crippen molar-refractivity contribution in [2.24, 2.45) is 0 Å². The molecule has 4 heteroatoms. The summed E-state index contributed by atoms with van der Waals surface area (Å²) in [6.45, 7) is 4.02. The average molecular weight is 232 g/mol. The molecule has 0 unspecified atom stereocenters. The Morgan fingerprint density at radius 3 is 3.06 bits per heavy atom. The second-order valence-corrected chi connectivity index (χ2v) is 3.91. The quantitative estimate of drug-likeness (QED) is 0.742. The van der Waals surface area contributed by atoms with Gasteiger partial charge in [0.25, 0.3) is 0 Å². The molecule has 2 heterocycles. The first-order valence-electron chi connectivity index (χ1n) is 5.81. The zero-order valence-corrected chi connectivity index (χ0v) is 9.93. The number of hydrogen-bond donors (Lipinski definition) is 0. The molecule has 0 fully saturated rings. The van der Waals surface area contributed by atoms with Gasteiger partial charge in [-0.3, -0.25) is 9.78 Å². The summed E-state index contributed by atoms with van der Waals surface area (Å²) < 4.78 is 5.34. The summed E-state index contributed by atoms with van der Waals surface area (Å²) in [6, 6.07) is 3.84. The molecule has 2 rings (SSSR count). The number of hydrogen-bond acceptors (Lipinski definition) is 3. The molecular weight excluding hydrogens is 216 g/mol. The lowest BCUT2D eigenvalue weighted by atomic mass is 10.1. The molecular formula is C13H16N2O2. The van der Waals surface area contributed by atoms with Crippen LogP contribution in [0.25, 0.3) is 5.57 Å². The largest absolute Gasteiger partial charge is 0.492 e. The zero-order valence-electron chi connectivity index (χ0n) is 9.93. The molecule has 0 atom stereocenters. The van der Waals surface area contributed by atoms with Crippen molar-refractivity contribution in [3.63, 3.8) is 0 Å². The highest BCUT2D eigenvalue weighted by atomic mass is 16.5. The number of ether oxygens (including phenoxy) is 1. The lowest BCUT2D eigenvalue weighted by molar-refractivity contribution is -0.117. The van der Waals surface area contributed by atoms with Crippen molar-refractivity contribution < 1.29 is 9.53 Å². The Bertz CT molecular complexity index is 412. The van der Waals surface area contributed by atoms with Crippen molar-refractivity contribution in [1.82, 2.24) is 9.88 Å². The molecule has 0 saturated heterocycles. The van der Waals surface area contributed by atoms with Crippen LogP contribution in [-0.2, 0) is 4.79 Å². The normalized spacial score (nSPS) is 15.4. The molecule has 1 aliphatic rings. The van der Waals surface area contributed by atoms with Gasteiger partial charge in [-0.1, -0.05) is 6.08 Å². The summed E-state index contributed by atoms with van der Waals surface area (Å²) in [4.78, 5) is 16.8. The summed E-state index contributed by atoms with van der Waals surface area (Å²) >= 11 is 0. The molecule has 0 spiro atoms. The van der Waals surface area contributed by atoms with Gasteiger partial charge >= 0.3 is 0 Å². The van der Waals surface area contributed by atoms with E-state index in [0.29, 0.717) is 13.2 Å². The Hall–Kier alpha value is -1.84. The number of carbonyl (C=O) groups is 1. The van der Waals surface area contributed by atoms with Crippen LogP contribution in [0.1, 0.15) is 19.0 Å². The van der Waals surface area contributed by atoms with E-state index in [9.17, 15) is 4.79 Å². The first-order chi connectivity index (χ1) is 8.33. The standard InChI is InChI=1S/C13H16N2O2/c1-2-17-12-5-6-13(14-8-12)11-4-3-7-15(9-11)10-16/h4-6,8,10H,2-3,7,9H2,1H3. The van der Waals surface area contributed by atoms with Crippen molar-refractivity contribution in [2.45, 2.75) is 13.3 Å². The first kappa shape index (κ1) is 11.6. The molecule has 0 bridgehead atoms. The minimum absolute atomic E-state index is 0.642. The number of nitrogens with zero attached hydrogens (tertiary/aromatic N) is 2. The third kappa shape index (κ3) is 2.84. The van der Waals surface area contributed by atoms with Crippen LogP contribution >= 0.6 is 0 Å². The topological polar surface area (TPSA) is 42.4 Å². The van der Waals surface area contributed by atoms with Crippen molar-refractivity contribution >= 4 is 12.0 Å². The van der Waals surface area contributed by atoms with E-state index in [-0.39, 0.29) is 0 Å². The minimum Gasteiger partial charge on any atom is -0.492 e. The van der Waals surface area contributed by atoms with E-state index < -0.39 is 0 Å². The van der Waals surface area contributed by atoms with Gasteiger partial charge in [0.1, 0.15) is 5.75 Å². The molecule has 90 valence electrons. The molecule has 0 aliphatic carbocycles. The molecule has 1 aromatic heterocycles. The number of amides is 1. The highest BCUT2D eigenvalue weighted by Crippen LogP contribution is 2.20. The molecule has 0 radical (unpaired) electrons. The Labute approximate surface area is 101 Å². The Balaban J connectivity index is 2.11. The van der Waals surface area contributed by atoms with Crippen LogP contribution in [-0.4, -0.2) is 36.0 Å². The molecule has 1 aromatic rings. The summed E-state index contributed by atoms with van der Waals surface area (Å²) in [5.41, 5.74) is 2.02. The van der Waals surface area contributed by atoms with E-state index in [1.807, 2.05) is 19.1 Å². The van der Waals surface area contributed by atoms with Crippen molar-refractivity contribution in [3.8, 4) is 5.75 Å². The summed E-state index contributed by atoms with van der Waals surface area (Å²) in [5, 5.41) is 0. The lowest BCUT2D eigenvalue weighted by Gasteiger charge is -2.23. The van der Waals surface area contributed by atoms with Gasteiger partial charge in [-0.25, -0.2) is 0 Å². The molecule has 0 N–H and O–H groups in total. The Morgan fingerprint density at radius 1 is 1.53 bits per heavy atom. The second kappa shape index (κ2) is 5.48. The third-order valence-corrected chi connectivity index (χ3v) is 2.71. The molecule has 17 heavy (non-hydrogen) atoms. The number of pyridine rings is 1. The van der Waals surface area contributed by atoms with Crippen molar-refractivity contribution in [2.75, 3.05) is 19.7 Å². The maximum Gasteiger partial charge on any atom is 0.210 e. The number of carbonyl (C=O) groups excluding carboxylic acids is 1. The van der Waals surface area contributed by atoms with Crippen LogP contribution in [0.5, 0.6) is 5.75 Å². The summed E-state index contributed by atoms with van der Waals surface area (Å²) in [7, 11) is 0. The summed E-state index contributed by atoms with van der Waals surface area (Å²) in [6.07, 6.45) is 5.65. The second-order valence-electron chi connectivity index (χ2n) is 3.91. The van der Waals surface area contributed by atoms with Gasteiger partial charge in [0.15, 0.2) is 0 Å². The monoisotopic (exact) mass is 232 g/mol. The molecule has 1 aliphatic heterocycles. The molecule has 0 saturated carbocycles. The summed E-state index contributed by atoms with van der Waals surface area (Å²) in [5.74, 6) is 0.778. The van der Waals surface area contributed by atoms with Crippen LogP contribution in [0.15, 0.2) is 24.4 Å². The maximum atomic E-state index is 10.7. The van der Waals surface area contributed by atoms with E-state index in [2.05, 4.69) is 11.1 Å². The van der Waals surface area contributed by atoms with Crippen LogP contribution in [0.4, 0.5) is 0 Å². The fourth-order valence-electron chi connectivity index (χ4n) is 1.86. The van der Waals surface area contributed by atoms with Gasteiger partial charge in [0.2, 0.25) is 6.41 Å². The predicted molar refractivity (Wildman–Crippen MR) is 65.6 cm³/mol. The SMILES string of the molecule is CCOc1ccc(C2=CCCN(C=O)C2)nc1. The molecule has 4 nitrogen and oxygen atoms in total. The van der Waals surface area contributed by atoms with Crippen LogP contribution in [0.3, 0.4) is 0 Å². The predicted octanol–water partition coefficient (Wildman–Crippen LogP) is 1.73. The van der Waals surface area contributed by atoms with E-state index in [1.165, 1.54) is 0 Å². The maximum absolute atomic E-state index is 10.7. The number of rotatable bonds is 4. The van der Waals surface area contributed by atoms with Crippen molar-refractivity contribution in [3.05, 3.63) is 30.1 Å². The van der Waals surface area contributed by atoms with E-state index >= 15 is 0 Å². The fourth-order valence-corrected chi connectivity index (χ4v) is 1.86.